The molecule has 2 rings (SSSR count). The second-order valence-electron chi connectivity index (χ2n) is 4.68. The van der Waals surface area contributed by atoms with Crippen molar-refractivity contribution >= 4 is 35.6 Å². The summed E-state index contributed by atoms with van der Waals surface area (Å²) in [6.07, 6.45) is 0. The van der Waals surface area contributed by atoms with Crippen LogP contribution in [0.4, 0.5) is 5.69 Å². The molecule has 0 aromatic heterocycles. The molecular weight excluding hydrogens is 271 g/mol. The van der Waals surface area contributed by atoms with Crippen LogP contribution in [0.15, 0.2) is 18.2 Å². The minimum absolute atomic E-state index is 0. The molecule has 1 aromatic carbocycles. The molecule has 0 aliphatic carbocycles. The Morgan fingerprint density at radius 3 is 2.67 bits per heavy atom. The summed E-state index contributed by atoms with van der Waals surface area (Å²) in [5.41, 5.74) is 1.78. The normalized spacial score (nSPS) is 16.4. The SMILES string of the molecule is Cc1ccc(NC(=O)C(C)C2CNC2)c(Cl)c1.Cl. The number of anilines is 1. The Balaban J connectivity index is 0.00000162. The van der Waals surface area contributed by atoms with Gasteiger partial charge in [0.2, 0.25) is 5.91 Å². The predicted octanol–water partition coefficient (Wildman–Crippen LogP) is 2.86. The fourth-order valence-electron chi connectivity index (χ4n) is 1.85. The molecule has 100 valence electrons. The van der Waals surface area contributed by atoms with Gasteiger partial charge >= 0.3 is 0 Å². The molecule has 0 saturated carbocycles. The first-order valence-electron chi connectivity index (χ1n) is 5.85. The summed E-state index contributed by atoms with van der Waals surface area (Å²) in [5.74, 6) is 0.509. The third-order valence-electron chi connectivity index (χ3n) is 3.32. The molecule has 1 aliphatic heterocycles. The first-order valence-corrected chi connectivity index (χ1v) is 6.23. The fraction of sp³-hybridized carbons (Fsp3) is 0.462. The lowest BCUT2D eigenvalue weighted by Crippen LogP contribution is -2.48. The molecule has 0 spiro atoms. The Morgan fingerprint density at radius 1 is 1.50 bits per heavy atom. The summed E-state index contributed by atoms with van der Waals surface area (Å²) in [6, 6.07) is 5.64. The van der Waals surface area contributed by atoms with E-state index < -0.39 is 0 Å². The van der Waals surface area contributed by atoms with Gasteiger partial charge < -0.3 is 10.6 Å². The van der Waals surface area contributed by atoms with Gasteiger partial charge in [-0.15, -0.1) is 12.4 Å². The van der Waals surface area contributed by atoms with E-state index in [9.17, 15) is 4.79 Å². The molecule has 1 unspecified atom stereocenters. The van der Waals surface area contributed by atoms with Crippen LogP contribution >= 0.6 is 24.0 Å². The Bertz CT molecular complexity index is 433. The van der Waals surface area contributed by atoms with Crippen molar-refractivity contribution in [2.45, 2.75) is 13.8 Å². The van der Waals surface area contributed by atoms with Crippen molar-refractivity contribution in [1.82, 2.24) is 5.32 Å². The second-order valence-corrected chi connectivity index (χ2v) is 5.09. The molecule has 1 aromatic rings. The van der Waals surface area contributed by atoms with Gasteiger partial charge in [0.05, 0.1) is 10.7 Å². The summed E-state index contributed by atoms with van der Waals surface area (Å²) >= 11 is 6.08. The van der Waals surface area contributed by atoms with Gasteiger partial charge in [-0.1, -0.05) is 24.6 Å². The maximum absolute atomic E-state index is 12.0. The predicted molar refractivity (Wildman–Crippen MR) is 77.6 cm³/mol. The van der Waals surface area contributed by atoms with E-state index in [0.29, 0.717) is 16.6 Å². The average molecular weight is 289 g/mol. The molecule has 2 N–H and O–H groups in total. The third-order valence-corrected chi connectivity index (χ3v) is 3.63. The van der Waals surface area contributed by atoms with E-state index in [-0.39, 0.29) is 24.2 Å². The minimum Gasteiger partial charge on any atom is -0.325 e. The van der Waals surface area contributed by atoms with E-state index in [1.165, 1.54) is 0 Å². The van der Waals surface area contributed by atoms with Crippen LogP contribution < -0.4 is 10.6 Å². The van der Waals surface area contributed by atoms with Gasteiger partial charge in [-0.2, -0.15) is 0 Å². The molecule has 0 radical (unpaired) electrons. The molecule has 18 heavy (non-hydrogen) atoms. The number of carbonyl (C=O) groups is 1. The highest BCUT2D eigenvalue weighted by molar-refractivity contribution is 6.33. The number of rotatable bonds is 3. The smallest absolute Gasteiger partial charge is 0.227 e. The number of aryl methyl sites for hydroxylation is 1. The van der Waals surface area contributed by atoms with Crippen LogP contribution in [0.3, 0.4) is 0 Å². The maximum atomic E-state index is 12.0. The van der Waals surface area contributed by atoms with E-state index in [0.717, 1.165) is 18.7 Å². The van der Waals surface area contributed by atoms with Crippen LogP contribution in [0.2, 0.25) is 5.02 Å². The second kappa shape index (κ2) is 6.41. The van der Waals surface area contributed by atoms with Crippen LogP contribution in [-0.4, -0.2) is 19.0 Å². The Morgan fingerprint density at radius 2 is 2.17 bits per heavy atom. The van der Waals surface area contributed by atoms with E-state index in [4.69, 9.17) is 11.6 Å². The highest BCUT2D eigenvalue weighted by atomic mass is 35.5. The van der Waals surface area contributed by atoms with Crippen LogP contribution in [0.5, 0.6) is 0 Å². The third kappa shape index (κ3) is 3.37. The van der Waals surface area contributed by atoms with E-state index >= 15 is 0 Å². The highest BCUT2D eigenvalue weighted by Crippen LogP contribution is 2.24. The zero-order valence-corrected chi connectivity index (χ0v) is 12.1. The van der Waals surface area contributed by atoms with E-state index in [1.54, 1.807) is 0 Å². The topological polar surface area (TPSA) is 41.1 Å². The molecule has 1 heterocycles. The summed E-state index contributed by atoms with van der Waals surface area (Å²) < 4.78 is 0. The molecule has 0 bridgehead atoms. The maximum Gasteiger partial charge on any atom is 0.227 e. The minimum atomic E-state index is 0. The van der Waals surface area contributed by atoms with Gasteiger partial charge in [-0.05, 0) is 43.6 Å². The van der Waals surface area contributed by atoms with Gasteiger partial charge in [-0.3, -0.25) is 4.79 Å². The van der Waals surface area contributed by atoms with Gasteiger partial charge in [0.1, 0.15) is 0 Å². The van der Waals surface area contributed by atoms with Crippen molar-refractivity contribution in [2.75, 3.05) is 18.4 Å². The first kappa shape index (κ1) is 15.3. The fourth-order valence-corrected chi connectivity index (χ4v) is 2.13. The number of hydrogen-bond donors (Lipinski definition) is 2. The summed E-state index contributed by atoms with van der Waals surface area (Å²) in [5, 5.41) is 6.66. The van der Waals surface area contributed by atoms with Gasteiger partial charge in [-0.25, -0.2) is 0 Å². The number of benzene rings is 1. The largest absolute Gasteiger partial charge is 0.325 e. The van der Waals surface area contributed by atoms with Crippen molar-refractivity contribution in [1.29, 1.82) is 0 Å². The van der Waals surface area contributed by atoms with Gasteiger partial charge in [0.15, 0.2) is 0 Å². The lowest BCUT2D eigenvalue weighted by molar-refractivity contribution is -0.121. The molecule has 1 fully saturated rings. The molecule has 1 amide bonds. The lowest BCUT2D eigenvalue weighted by Gasteiger charge is -2.31. The number of amides is 1. The standard InChI is InChI=1S/C13H17ClN2O.ClH/c1-8-3-4-12(11(14)5-8)16-13(17)9(2)10-6-15-7-10;/h3-5,9-10,15H,6-7H2,1-2H3,(H,16,17);1H. The molecule has 3 nitrogen and oxygen atoms in total. The molecule has 5 heteroatoms. The Kier molecular flexibility index (Phi) is 5.45. The molecule has 1 aliphatic rings. The number of hydrogen-bond acceptors (Lipinski definition) is 2. The average Bonchev–Trinajstić information content (AvgIpc) is 2.19. The van der Waals surface area contributed by atoms with Crippen molar-refractivity contribution in [3.05, 3.63) is 28.8 Å². The summed E-state index contributed by atoms with van der Waals surface area (Å²) in [6.45, 7) is 5.79. The first-order chi connectivity index (χ1) is 8.08. The van der Waals surface area contributed by atoms with Crippen LogP contribution in [0.25, 0.3) is 0 Å². The Hall–Kier alpha value is -0.770. The van der Waals surface area contributed by atoms with E-state index in [1.807, 2.05) is 32.0 Å². The van der Waals surface area contributed by atoms with Crippen molar-refractivity contribution in [3.63, 3.8) is 0 Å². The van der Waals surface area contributed by atoms with Crippen LogP contribution in [0, 0.1) is 18.8 Å². The van der Waals surface area contributed by atoms with Gasteiger partial charge in [0, 0.05) is 5.92 Å². The highest BCUT2D eigenvalue weighted by Gasteiger charge is 2.28. The number of carbonyl (C=O) groups excluding carboxylic acids is 1. The molecular formula is C13H18Cl2N2O. The molecule has 1 atom stereocenters. The van der Waals surface area contributed by atoms with Crippen molar-refractivity contribution in [2.24, 2.45) is 11.8 Å². The molecule has 1 saturated heterocycles. The zero-order valence-electron chi connectivity index (χ0n) is 10.5. The zero-order chi connectivity index (χ0) is 12.4. The summed E-state index contributed by atoms with van der Waals surface area (Å²) in [7, 11) is 0. The monoisotopic (exact) mass is 288 g/mol. The van der Waals surface area contributed by atoms with E-state index in [2.05, 4.69) is 10.6 Å². The summed E-state index contributed by atoms with van der Waals surface area (Å²) in [4.78, 5) is 12.0. The van der Waals surface area contributed by atoms with Gasteiger partial charge in [0.25, 0.3) is 0 Å². The number of halogens is 2. The van der Waals surface area contributed by atoms with Crippen LogP contribution in [-0.2, 0) is 4.79 Å². The van der Waals surface area contributed by atoms with Crippen LogP contribution in [0.1, 0.15) is 12.5 Å². The lowest BCUT2D eigenvalue weighted by atomic mass is 9.88. The Labute approximate surface area is 119 Å². The van der Waals surface area contributed by atoms with Crippen molar-refractivity contribution < 1.29 is 4.79 Å². The number of nitrogens with one attached hydrogen (secondary N) is 2. The quantitative estimate of drug-likeness (QED) is 0.898. The van der Waals surface area contributed by atoms with Crippen molar-refractivity contribution in [3.8, 4) is 0 Å².